The van der Waals surface area contributed by atoms with E-state index >= 15 is 0 Å². The number of halogens is 1. The van der Waals surface area contributed by atoms with Crippen LogP contribution in [-0.2, 0) is 10.0 Å². The SMILES string of the molecule is CCN(CC)S(=O)(=O)c1ccc(N)c(NC(=O)c2cc(-c3ccc(Br)cc3)nc3ccccc23)c1. The van der Waals surface area contributed by atoms with Crippen molar-refractivity contribution in [3.63, 3.8) is 0 Å². The van der Waals surface area contributed by atoms with Crippen LogP contribution in [0.1, 0.15) is 24.2 Å². The van der Waals surface area contributed by atoms with Crippen molar-refractivity contribution >= 4 is 54.1 Å². The maximum absolute atomic E-state index is 13.5. The molecule has 1 amide bonds. The van der Waals surface area contributed by atoms with E-state index in [-0.39, 0.29) is 16.3 Å². The third kappa shape index (κ3) is 5.07. The van der Waals surface area contributed by atoms with Crippen LogP contribution in [0.5, 0.6) is 0 Å². The van der Waals surface area contributed by atoms with Gasteiger partial charge in [-0.3, -0.25) is 4.79 Å². The van der Waals surface area contributed by atoms with E-state index in [9.17, 15) is 13.2 Å². The van der Waals surface area contributed by atoms with Crippen LogP contribution in [-0.4, -0.2) is 36.7 Å². The number of rotatable bonds is 7. The molecule has 180 valence electrons. The molecule has 0 spiro atoms. The molecule has 4 rings (SSSR count). The number of carbonyl (C=O) groups excluding carboxylic acids is 1. The Morgan fingerprint density at radius 2 is 1.69 bits per heavy atom. The van der Waals surface area contributed by atoms with E-state index < -0.39 is 15.9 Å². The average Bonchev–Trinajstić information content (AvgIpc) is 2.85. The summed E-state index contributed by atoms with van der Waals surface area (Å²) >= 11 is 3.43. The molecule has 0 radical (unpaired) electrons. The Labute approximate surface area is 213 Å². The molecule has 3 aromatic carbocycles. The monoisotopic (exact) mass is 552 g/mol. The molecule has 0 unspecified atom stereocenters. The molecule has 0 fully saturated rings. The van der Waals surface area contributed by atoms with Crippen molar-refractivity contribution < 1.29 is 13.2 Å². The first-order valence-corrected chi connectivity index (χ1v) is 13.3. The molecule has 0 saturated heterocycles. The quantitative estimate of drug-likeness (QED) is 0.293. The summed E-state index contributed by atoms with van der Waals surface area (Å²) in [5.41, 5.74) is 9.19. The predicted molar refractivity (Wildman–Crippen MR) is 144 cm³/mol. The first-order valence-electron chi connectivity index (χ1n) is 11.1. The predicted octanol–water partition coefficient (Wildman–Crippen LogP) is 5.53. The molecule has 7 nitrogen and oxygen atoms in total. The van der Waals surface area contributed by atoms with Crippen LogP contribution in [0.25, 0.3) is 22.2 Å². The summed E-state index contributed by atoms with van der Waals surface area (Å²) < 4.78 is 28.2. The number of carbonyl (C=O) groups is 1. The van der Waals surface area contributed by atoms with E-state index in [1.165, 1.54) is 22.5 Å². The normalized spacial score (nSPS) is 11.7. The van der Waals surface area contributed by atoms with Gasteiger partial charge in [-0.25, -0.2) is 13.4 Å². The molecule has 0 atom stereocenters. The Balaban J connectivity index is 1.76. The van der Waals surface area contributed by atoms with Gasteiger partial charge < -0.3 is 11.1 Å². The van der Waals surface area contributed by atoms with Gasteiger partial charge in [0.2, 0.25) is 10.0 Å². The largest absolute Gasteiger partial charge is 0.397 e. The van der Waals surface area contributed by atoms with Gasteiger partial charge in [-0.2, -0.15) is 4.31 Å². The van der Waals surface area contributed by atoms with Crippen molar-refractivity contribution in [1.82, 2.24) is 9.29 Å². The average molecular weight is 553 g/mol. The van der Waals surface area contributed by atoms with Crippen molar-refractivity contribution in [2.24, 2.45) is 0 Å². The molecule has 0 aliphatic carbocycles. The van der Waals surface area contributed by atoms with E-state index in [2.05, 4.69) is 21.2 Å². The molecule has 0 saturated carbocycles. The lowest BCUT2D eigenvalue weighted by Crippen LogP contribution is -2.30. The Morgan fingerprint density at radius 1 is 1.00 bits per heavy atom. The summed E-state index contributed by atoms with van der Waals surface area (Å²) in [4.78, 5) is 18.3. The third-order valence-corrected chi connectivity index (χ3v) is 8.29. The Hall–Kier alpha value is -3.27. The molecule has 9 heteroatoms. The van der Waals surface area contributed by atoms with E-state index in [1.54, 1.807) is 19.9 Å². The number of nitrogens with zero attached hydrogens (tertiary/aromatic N) is 2. The van der Waals surface area contributed by atoms with E-state index in [1.807, 2.05) is 48.5 Å². The molecule has 1 aromatic heterocycles. The molecule has 0 aliphatic rings. The lowest BCUT2D eigenvalue weighted by atomic mass is 10.0. The van der Waals surface area contributed by atoms with Crippen LogP contribution in [0.2, 0.25) is 0 Å². The van der Waals surface area contributed by atoms with Crippen LogP contribution in [0, 0.1) is 0 Å². The van der Waals surface area contributed by atoms with Gasteiger partial charge in [-0.15, -0.1) is 0 Å². The van der Waals surface area contributed by atoms with Crippen LogP contribution >= 0.6 is 15.9 Å². The highest BCUT2D eigenvalue weighted by molar-refractivity contribution is 9.10. The number of para-hydroxylation sites is 1. The number of nitrogens with two attached hydrogens (primary N) is 1. The lowest BCUT2D eigenvalue weighted by molar-refractivity contribution is 0.102. The molecule has 0 bridgehead atoms. The molecule has 3 N–H and O–H groups in total. The van der Waals surface area contributed by atoms with Crippen LogP contribution < -0.4 is 11.1 Å². The highest BCUT2D eigenvalue weighted by Crippen LogP contribution is 2.29. The second-order valence-corrected chi connectivity index (χ2v) is 10.7. The Morgan fingerprint density at radius 3 is 2.37 bits per heavy atom. The van der Waals surface area contributed by atoms with Crippen molar-refractivity contribution in [1.29, 1.82) is 0 Å². The number of anilines is 2. The minimum absolute atomic E-state index is 0.0702. The summed E-state index contributed by atoms with van der Waals surface area (Å²) in [6, 6.07) is 21.1. The van der Waals surface area contributed by atoms with E-state index in [0.717, 1.165) is 10.0 Å². The van der Waals surface area contributed by atoms with Gasteiger partial charge in [-0.05, 0) is 42.5 Å². The van der Waals surface area contributed by atoms with Gasteiger partial charge in [0.1, 0.15) is 0 Å². The number of hydrogen-bond acceptors (Lipinski definition) is 5. The zero-order valence-electron chi connectivity index (χ0n) is 19.3. The summed E-state index contributed by atoms with van der Waals surface area (Å²) in [5, 5.41) is 3.49. The number of nitrogen functional groups attached to an aromatic ring is 1. The number of pyridine rings is 1. The number of hydrogen-bond donors (Lipinski definition) is 2. The topological polar surface area (TPSA) is 105 Å². The molecule has 4 aromatic rings. The van der Waals surface area contributed by atoms with Crippen LogP contribution in [0.3, 0.4) is 0 Å². The first kappa shape index (κ1) is 24.8. The summed E-state index contributed by atoms with van der Waals surface area (Å²) in [5.74, 6) is -0.411. The fraction of sp³-hybridized carbons (Fsp3) is 0.154. The highest BCUT2D eigenvalue weighted by Gasteiger charge is 2.23. The number of fused-ring (bicyclic) bond motifs is 1. The number of sulfonamides is 1. The van der Waals surface area contributed by atoms with E-state index in [4.69, 9.17) is 10.7 Å². The molecular weight excluding hydrogens is 528 g/mol. The van der Waals surface area contributed by atoms with Crippen LogP contribution in [0.15, 0.2) is 82.2 Å². The Kier molecular flexibility index (Phi) is 7.20. The molecule has 1 heterocycles. The number of nitrogens with one attached hydrogen (secondary N) is 1. The number of benzene rings is 3. The second kappa shape index (κ2) is 10.2. The minimum Gasteiger partial charge on any atom is -0.397 e. The van der Waals surface area contributed by atoms with Crippen molar-refractivity contribution in [3.8, 4) is 11.3 Å². The maximum atomic E-state index is 13.5. The molecular formula is C26H25BrN4O3S. The third-order valence-electron chi connectivity index (χ3n) is 5.72. The summed E-state index contributed by atoms with van der Waals surface area (Å²) in [7, 11) is -3.71. The van der Waals surface area contributed by atoms with Gasteiger partial charge in [0.05, 0.1) is 33.0 Å². The van der Waals surface area contributed by atoms with Crippen LogP contribution in [0.4, 0.5) is 11.4 Å². The smallest absolute Gasteiger partial charge is 0.256 e. The van der Waals surface area contributed by atoms with Gasteiger partial charge in [0.15, 0.2) is 0 Å². The molecule has 0 aliphatic heterocycles. The van der Waals surface area contributed by atoms with Gasteiger partial charge >= 0.3 is 0 Å². The summed E-state index contributed by atoms with van der Waals surface area (Å²) in [6.45, 7) is 4.23. The first-order chi connectivity index (χ1) is 16.7. The summed E-state index contributed by atoms with van der Waals surface area (Å²) in [6.07, 6.45) is 0. The van der Waals surface area contributed by atoms with Crippen molar-refractivity contribution in [3.05, 3.63) is 82.8 Å². The Bertz CT molecular complexity index is 1500. The highest BCUT2D eigenvalue weighted by atomic mass is 79.9. The standard InChI is InChI=1S/C26H25BrN4O3S/c1-3-31(4-2)35(33,34)19-13-14-22(28)25(15-19)30-26(32)21-16-24(17-9-11-18(27)12-10-17)29-23-8-6-5-7-20(21)23/h5-16H,3-4,28H2,1-2H3,(H,30,32). The lowest BCUT2D eigenvalue weighted by Gasteiger charge is -2.19. The van der Waals surface area contributed by atoms with Gasteiger partial charge in [-0.1, -0.05) is 60.1 Å². The zero-order valence-corrected chi connectivity index (χ0v) is 21.7. The number of aromatic nitrogens is 1. The van der Waals surface area contributed by atoms with Crippen molar-refractivity contribution in [2.45, 2.75) is 18.7 Å². The fourth-order valence-corrected chi connectivity index (χ4v) is 5.59. The van der Waals surface area contributed by atoms with Crippen molar-refractivity contribution in [2.75, 3.05) is 24.1 Å². The van der Waals surface area contributed by atoms with Gasteiger partial charge in [0.25, 0.3) is 5.91 Å². The second-order valence-electron chi connectivity index (χ2n) is 7.87. The maximum Gasteiger partial charge on any atom is 0.256 e. The fourth-order valence-electron chi connectivity index (χ4n) is 3.84. The zero-order chi connectivity index (χ0) is 25.2. The molecule has 35 heavy (non-hydrogen) atoms. The van der Waals surface area contributed by atoms with E-state index in [0.29, 0.717) is 35.2 Å². The minimum atomic E-state index is -3.71. The van der Waals surface area contributed by atoms with Gasteiger partial charge in [0, 0.05) is 28.5 Å². The number of amides is 1.